The summed E-state index contributed by atoms with van der Waals surface area (Å²) >= 11 is 0. The fourth-order valence-corrected chi connectivity index (χ4v) is 4.09. The van der Waals surface area contributed by atoms with Gasteiger partial charge in [-0.1, -0.05) is 48.5 Å². The Hall–Kier alpha value is -3.34. The minimum Gasteiger partial charge on any atom is -0.293 e. The van der Waals surface area contributed by atoms with Crippen molar-refractivity contribution in [3.8, 4) is 11.3 Å². The Labute approximate surface area is 170 Å². The number of hydrogen-bond acceptors (Lipinski definition) is 5. The van der Waals surface area contributed by atoms with Crippen LogP contribution in [0.3, 0.4) is 0 Å². The molecule has 0 bridgehead atoms. The third-order valence-electron chi connectivity index (χ3n) is 5.57. The first kappa shape index (κ1) is 17.7. The average molecular weight is 381 g/mol. The third kappa shape index (κ3) is 3.33. The molecule has 0 saturated carbocycles. The summed E-state index contributed by atoms with van der Waals surface area (Å²) in [5.74, 6) is 1.11. The van der Waals surface area contributed by atoms with Crippen molar-refractivity contribution < 1.29 is 0 Å². The highest BCUT2D eigenvalue weighted by Gasteiger charge is 2.19. The molecule has 0 radical (unpaired) electrons. The Morgan fingerprint density at radius 1 is 0.759 bits per heavy atom. The number of rotatable bonds is 3. The fraction of sp³-hybridized carbons (Fsp3) is 0.250. The van der Waals surface area contributed by atoms with Gasteiger partial charge >= 0.3 is 0 Å². The Balaban J connectivity index is 1.60. The van der Waals surface area contributed by atoms with Crippen molar-refractivity contribution >= 4 is 22.8 Å². The van der Waals surface area contributed by atoms with Gasteiger partial charge in [0, 0.05) is 22.2 Å². The van der Waals surface area contributed by atoms with Crippen molar-refractivity contribution in [2.24, 2.45) is 0 Å². The lowest BCUT2D eigenvalue weighted by atomic mass is 9.92. The highest BCUT2D eigenvalue weighted by Crippen LogP contribution is 2.31. The SMILES string of the molecule is Cc1nc(Nc2nc3c(c(-c4ccccc4)n2)CCCC3)nc2c(C)cccc12. The fourth-order valence-electron chi connectivity index (χ4n) is 4.09. The van der Waals surface area contributed by atoms with Crippen LogP contribution in [0.5, 0.6) is 0 Å². The Kier molecular flexibility index (Phi) is 4.43. The lowest BCUT2D eigenvalue weighted by Crippen LogP contribution is -2.12. The zero-order valence-corrected chi connectivity index (χ0v) is 16.7. The number of nitrogens with one attached hydrogen (secondary N) is 1. The lowest BCUT2D eigenvalue weighted by Gasteiger charge is -2.19. The minimum atomic E-state index is 0.541. The van der Waals surface area contributed by atoms with Gasteiger partial charge in [0.2, 0.25) is 11.9 Å². The maximum Gasteiger partial charge on any atom is 0.230 e. The first-order valence-electron chi connectivity index (χ1n) is 10.2. The molecule has 29 heavy (non-hydrogen) atoms. The topological polar surface area (TPSA) is 63.6 Å². The average Bonchev–Trinajstić information content (AvgIpc) is 2.75. The highest BCUT2D eigenvalue weighted by molar-refractivity contribution is 5.84. The molecule has 0 atom stereocenters. The molecule has 2 heterocycles. The predicted molar refractivity (Wildman–Crippen MR) is 116 cm³/mol. The van der Waals surface area contributed by atoms with E-state index in [1.807, 2.05) is 19.1 Å². The van der Waals surface area contributed by atoms with Crippen LogP contribution in [0.15, 0.2) is 48.5 Å². The molecule has 1 N–H and O–H groups in total. The molecular formula is C24H23N5. The van der Waals surface area contributed by atoms with Crippen LogP contribution < -0.4 is 5.32 Å². The zero-order valence-electron chi connectivity index (χ0n) is 16.7. The van der Waals surface area contributed by atoms with Crippen LogP contribution in [-0.4, -0.2) is 19.9 Å². The van der Waals surface area contributed by atoms with Crippen LogP contribution in [-0.2, 0) is 12.8 Å². The molecule has 1 aliphatic carbocycles. The smallest absolute Gasteiger partial charge is 0.230 e. The summed E-state index contributed by atoms with van der Waals surface area (Å²) in [5, 5.41) is 4.36. The molecule has 5 nitrogen and oxygen atoms in total. The molecule has 5 heteroatoms. The van der Waals surface area contributed by atoms with Crippen molar-refractivity contribution in [3.63, 3.8) is 0 Å². The molecule has 0 saturated heterocycles. The highest BCUT2D eigenvalue weighted by atomic mass is 15.2. The normalized spacial score (nSPS) is 13.3. The van der Waals surface area contributed by atoms with Gasteiger partial charge in [-0.15, -0.1) is 0 Å². The van der Waals surface area contributed by atoms with E-state index in [0.29, 0.717) is 11.9 Å². The van der Waals surface area contributed by atoms with Crippen LogP contribution in [0.4, 0.5) is 11.9 Å². The van der Waals surface area contributed by atoms with Gasteiger partial charge in [-0.2, -0.15) is 0 Å². The van der Waals surface area contributed by atoms with E-state index in [1.165, 1.54) is 18.4 Å². The summed E-state index contributed by atoms with van der Waals surface area (Å²) in [4.78, 5) is 19.1. The largest absolute Gasteiger partial charge is 0.293 e. The molecule has 0 aliphatic heterocycles. The second-order valence-electron chi connectivity index (χ2n) is 7.62. The number of nitrogens with zero attached hydrogens (tertiary/aromatic N) is 4. The maximum absolute atomic E-state index is 4.88. The van der Waals surface area contributed by atoms with Crippen LogP contribution >= 0.6 is 0 Å². The van der Waals surface area contributed by atoms with Gasteiger partial charge in [0.25, 0.3) is 0 Å². The van der Waals surface area contributed by atoms with Crippen molar-refractivity contribution in [2.75, 3.05) is 5.32 Å². The summed E-state index contributed by atoms with van der Waals surface area (Å²) in [6.07, 6.45) is 4.38. The van der Waals surface area contributed by atoms with E-state index < -0.39 is 0 Å². The van der Waals surface area contributed by atoms with Crippen molar-refractivity contribution in [1.82, 2.24) is 19.9 Å². The zero-order chi connectivity index (χ0) is 19.8. The summed E-state index contributed by atoms with van der Waals surface area (Å²) in [5.41, 5.74) is 7.60. The molecule has 0 spiro atoms. The van der Waals surface area contributed by atoms with Crippen molar-refractivity contribution in [1.29, 1.82) is 0 Å². The van der Waals surface area contributed by atoms with Crippen LogP contribution in [0.25, 0.3) is 22.2 Å². The first-order chi connectivity index (χ1) is 14.2. The number of anilines is 2. The van der Waals surface area contributed by atoms with E-state index >= 15 is 0 Å². The second kappa shape index (κ2) is 7.24. The molecule has 5 rings (SSSR count). The number of hydrogen-bond donors (Lipinski definition) is 1. The van der Waals surface area contributed by atoms with E-state index in [4.69, 9.17) is 15.0 Å². The van der Waals surface area contributed by atoms with E-state index in [0.717, 1.165) is 52.0 Å². The van der Waals surface area contributed by atoms with E-state index in [-0.39, 0.29) is 0 Å². The molecule has 0 unspecified atom stereocenters. The van der Waals surface area contributed by atoms with Gasteiger partial charge in [-0.05, 0) is 45.1 Å². The first-order valence-corrected chi connectivity index (χ1v) is 10.2. The van der Waals surface area contributed by atoms with Crippen molar-refractivity contribution in [3.05, 3.63) is 71.0 Å². The van der Waals surface area contributed by atoms with Gasteiger partial charge in [-0.3, -0.25) is 5.32 Å². The quantitative estimate of drug-likeness (QED) is 0.520. The molecule has 4 aromatic rings. The molecule has 0 fully saturated rings. The second-order valence-corrected chi connectivity index (χ2v) is 7.62. The van der Waals surface area contributed by atoms with Crippen LogP contribution in [0, 0.1) is 13.8 Å². The van der Waals surface area contributed by atoms with Gasteiger partial charge in [-0.25, -0.2) is 19.9 Å². The summed E-state index contributed by atoms with van der Waals surface area (Å²) < 4.78 is 0. The van der Waals surface area contributed by atoms with Gasteiger partial charge in [0.05, 0.1) is 16.9 Å². The molecule has 1 aliphatic rings. The predicted octanol–water partition coefficient (Wildman–Crippen LogP) is 5.33. The minimum absolute atomic E-state index is 0.541. The molecule has 144 valence electrons. The van der Waals surface area contributed by atoms with Crippen LogP contribution in [0.1, 0.15) is 35.4 Å². The number of aromatic nitrogens is 4. The van der Waals surface area contributed by atoms with Gasteiger partial charge in [0.15, 0.2) is 0 Å². The Morgan fingerprint density at radius 2 is 1.55 bits per heavy atom. The Bertz CT molecular complexity index is 1200. The van der Waals surface area contributed by atoms with Gasteiger partial charge in [0.1, 0.15) is 0 Å². The number of fused-ring (bicyclic) bond motifs is 2. The van der Waals surface area contributed by atoms with Crippen LogP contribution in [0.2, 0.25) is 0 Å². The standard InChI is InChI=1S/C24H23N5/c1-15-9-8-13-18-16(2)25-23(27-21(15)18)29-24-26-20-14-7-6-12-19(20)22(28-24)17-10-4-3-5-11-17/h3-5,8-11,13H,6-7,12,14H2,1-2H3,(H,25,26,27,28,29). The molecule has 0 amide bonds. The lowest BCUT2D eigenvalue weighted by molar-refractivity contribution is 0.665. The van der Waals surface area contributed by atoms with Gasteiger partial charge < -0.3 is 0 Å². The molecule has 2 aromatic carbocycles. The summed E-state index contributed by atoms with van der Waals surface area (Å²) in [7, 11) is 0. The van der Waals surface area contributed by atoms with E-state index in [9.17, 15) is 0 Å². The number of para-hydroxylation sites is 1. The maximum atomic E-state index is 4.88. The van der Waals surface area contributed by atoms with E-state index in [2.05, 4.69) is 53.6 Å². The Morgan fingerprint density at radius 3 is 2.41 bits per heavy atom. The summed E-state index contributed by atoms with van der Waals surface area (Å²) in [6.45, 7) is 4.08. The molecular weight excluding hydrogens is 358 g/mol. The van der Waals surface area contributed by atoms with Crippen molar-refractivity contribution in [2.45, 2.75) is 39.5 Å². The number of benzene rings is 2. The number of aryl methyl sites for hydroxylation is 3. The third-order valence-corrected chi connectivity index (χ3v) is 5.57. The molecule has 2 aromatic heterocycles. The monoisotopic (exact) mass is 381 g/mol. The summed E-state index contributed by atoms with van der Waals surface area (Å²) in [6, 6.07) is 16.5. The van der Waals surface area contributed by atoms with E-state index in [1.54, 1.807) is 0 Å².